The summed E-state index contributed by atoms with van der Waals surface area (Å²) in [5, 5.41) is 2.96. The van der Waals surface area contributed by atoms with Crippen molar-refractivity contribution in [3.63, 3.8) is 0 Å². The lowest BCUT2D eigenvalue weighted by atomic mass is 10.1. The molecular formula is C13H20N2O3. The highest BCUT2D eigenvalue weighted by Crippen LogP contribution is 2.17. The number of rotatable bonds is 2. The molecule has 0 radical (unpaired) electrons. The molecule has 1 aliphatic carbocycles. The van der Waals surface area contributed by atoms with Crippen molar-refractivity contribution in [2.24, 2.45) is 7.05 Å². The standard InChI is InChI=1S/C13H20N2O3/c1-9-11(13(17)18-15(9)2)12(16)14-10-7-5-3-4-6-8-10/h10H,3-8H2,1-2H3,(H,14,16). The van der Waals surface area contributed by atoms with Gasteiger partial charge < -0.3 is 9.84 Å². The smallest absolute Gasteiger partial charge is 0.349 e. The van der Waals surface area contributed by atoms with Gasteiger partial charge in [-0.25, -0.2) is 9.53 Å². The van der Waals surface area contributed by atoms with Crippen LogP contribution >= 0.6 is 0 Å². The predicted octanol–water partition coefficient (Wildman–Crippen LogP) is 1.74. The molecule has 1 aromatic heterocycles. The van der Waals surface area contributed by atoms with E-state index in [-0.39, 0.29) is 17.5 Å². The summed E-state index contributed by atoms with van der Waals surface area (Å²) in [5.74, 6) is -0.297. The summed E-state index contributed by atoms with van der Waals surface area (Å²) < 4.78 is 6.22. The van der Waals surface area contributed by atoms with E-state index in [1.54, 1.807) is 14.0 Å². The zero-order valence-corrected chi connectivity index (χ0v) is 11.0. The number of nitrogens with one attached hydrogen (secondary N) is 1. The first-order valence-corrected chi connectivity index (χ1v) is 6.57. The van der Waals surface area contributed by atoms with Gasteiger partial charge in [-0.05, 0) is 19.8 Å². The average Bonchev–Trinajstić information content (AvgIpc) is 2.52. The monoisotopic (exact) mass is 252 g/mol. The number of aromatic nitrogens is 1. The Labute approximate surface area is 106 Å². The largest absolute Gasteiger partial charge is 0.370 e. The fourth-order valence-corrected chi connectivity index (χ4v) is 2.48. The summed E-state index contributed by atoms with van der Waals surface area (Å²) in [4.78, 5) is 23.7. The van der Waals surface area contributed by atoms with Crippen LogP contribution in [0.1, 0.15) is 54.6 Å². The minimum atomic E-state index is -0.555. The molecule has 0 atom stereocenters. The Morgan fingerprint density at radius 2 is 1.89 bits per heavy atom. The van der Waals surface area contributed by atoms with Gasteiger partial charge in [0.05, 0.1) is 5.69 Å². The molecule has 5 nitrogen and oxygen atoms in total. The fourth-order valence-electron chi connectivity index (χ4n) is 2.48. The molecule has 0 bridgehead atoms. The Morgan fingerprint density at radius 1 is 1.28 bits per heavy atom. The normalized spacial score (nSPS) is 17.4. The molecule has 1 fully saturated rings. The van der Waals surface area contributed by atoms with Crippen molar-refractivity contribution in [2.75, 3.05) is 0 Å². The summed E-state index contributed by atoms with van der Waals surface area (Å²) in [7, 11) is 1.62. The number of nitrogens with zero attached hydrogens (tertiary/aromatic N) is 1. The Balaban J connectivity index is 2.09. The van der Waals surface area contributed by atoms with Crippen LogP contribution in [0.4, 0.5) is 0 Å². The van der Waals surface area contributed by atoms with Crippen LogP contribution < -0.4 is 10.9 Å². The topological polar surface area (TPSA) is 64.2 Å². The van der Waals surface area contributed by atoms with Crippen molar-refractivity contribution in [3.05, 3.63) is 21.7 Å². The van der Waals surface area contributed by atoms with Crippen molar-refractivity contribution >= 4 is 5.91 Å². The predicted molar refractivity (Wildman–Crippen MR) is 67.6 cm³/mol. The molecule has 1 saturated carbocycles. The number of carbonyl (C=O) groups excluding carboxylic acids is 1. The third-order valence-electron chi connectivity index (χ3n) is 3.68. The second-order valence-electron chi connectivity index (χ2n) is 5.00. The van der Waals surface area contributed by atoms with Crippen LogP contribution in [0.2, 0.25) is 0 Å². The van der Waals surface area contributed by atoms with Crippen LogP contribution in [0.5, 0.6) is 0 Å². The van der Waals surface area contributed by atoms with E-state index in [2.05, 4.69) is 5.32 Å². The number of hydrogen-bond acceptors (Lipinski definition) is 3. The molecule has 1 heterocycles. The van der Waals surface area contributed by atoms with E-state index in [0.717, 1.165) is 25.7 Å². The molecule has 1 amide bonds. The molecular weight excluding hydrogens is 232 g/mol. The summed E-state index contributed by atoms with van der Waals surface area (Å²) >= 11 is 0. The van der Waals surface area contributed by atoms with E-state index in [1.807, 2.05) is 0 Å². The van der Waals surface area contributed by atoms with Crippen molar-refractivity contribution in [2.45, 2.75) is 51.5 Å². The maximum atomic E-state index is 12.1. The zero-order chi connectivity index (χ0) is 13.1. The summed E-state index contributed by atoms with van der Waals surface area (Å²) in [5.41, 5.74) is 0.161. The summed E-state index contributed by atoms with van der Waals surface area (Å²) in [6.07, 6.45) is 6.77. The molecule has 0 unspecified atom stereocenters. The van der Waals surface area contributed by atoms with Crippen molar-refractivity contribution in [3.8, 4) is 0 Å². The van der Waals surface area contributed by atoms with Gasteiger partial charge in [-0.1, -0.05) is 25.7 Å². The van der Waals surface area contributed by atoms with E-state index in [0.29, 0.717) is 5.69 Å². The lowest BCUT2D eigenvalue weighted by molar-refractivity contribution is 0.0930. The van der Waals surface area contributed by atoms with Crippen LogP contribution in [0.3, 0.4) is 0 Å². The first kappa shape index (κ1) is 12.9. The van der Waals surface area contributed by atoms with Gasteiger partial charge in [0.25, 0.3) is 5.91 Å². The Hall–Kier alpha value is -1.52. The third-order valence-corrected chi connectivity index (χ3v) is 3.68. The Bertz CT molecular complexity index is 479. The van der Waals surface area contributed by atoms with Gasteiger partial charge >= 0.3 is 5.63 Å². The number of aryl methyl sites for hydroxylation is 1. The molecule has 1 N–H and O–H groups in total. The number of hydrogen-bond donors (Lipinski definition) is 1. The van der Waals surface area contributed by atoms with E-state index in [4.69, 9.17) is 4.52 Å². The molecule has 5 heteroatoms. The highest BCUT2D eigenvalue weighted by molar-refractivity contribution is 5.94. The molecule has 0 aliphatic heterocycles. The van der Waals surface area contributed by atoms with Crippen LogP contribution in [0, 0.1) is 6.92 Å². The molecule has 0 saturated heterocycles. The van der Waals surface area contributed by atoms with Crippen molar-refractivity contribution in [1.82, 2.24) is 10.1 Å². The summed E-state index contributed by atoms with van der Waals surface area (Å²) in [6, 6.07) is 0.194. The van der Waals surface area contributed by atoms with Crippen LogP contribution in [0.25, 0.3) is 0 Å². The quantitative estimate of drug-likeness (QED) is 0.815. The van der Waals surface area contributed by atoms with Gasteiger partial charge in [-0.2, -0.15) is 0 Å². The minimum absolute atomic E-state index is 0.141. The van der Waals surface area contributed by atoms with Crippen LogP contribution in [-0.4, -0.2) is 16.7 Å². The number of carbonyl (C=O) groups is 1. The fraction of sp³-hybridized carbons (Fsp3) is 0.692. The second-order valence-corrected chi connectivity index (χ2v) is 5.00. The maximum absolute atomic E-state index is 12.1. The first-order chi connectivity index (χ1) is 8.59. The zero-order valence-electron chi connectivity index (χ0n) is 11.0. The number of amides is 1. The van der Waals surface area contributed by atoms with E-state index >= 15 is 0 Å². The molecule has 18 heavy (non-hydrogen) atoms. The Morgan fingerprint density at radius 3 is 2.39 bits per heavy atom. The average molecular weight is 252 g/mol. The minimum Gasteiger partial charge on any atom is -0.349 e. The van der Waals surface area contributed by atoms with E-state index < -0.39 is 5.63 Å². The van der Waals surface area contributed by atoms with Gasteiger partial charge in [-0.3, -0.25) is 4.79 Å². The van der Waals surface area contributed by atoms with Gasteiger partial charge in [0, 0.05) is 13.1 Å². The Kier molecular flexibility index (Phi) is 3.89. The SMILES string of the molecule is Cc1c(C(=O)NC2CCCCCC2)c(=O)on1C. The van der Waals surface area contributed by atoms with E-state index in [1.165, 1.54) is 17.6 Å². The molecule has 0 spiro atoms. The molecule has 1 aliphatic rings. The highest BCUT2D eigenvalue weighted by atomic mass is 16.5. The van der Waals surface area contributed by atoms with Crippen molar-refractivity contribution < 1.29 is 9.32 Å². The maximum Gasteiger partial charge on any atom is 0.370 e. The van der Waals surface area contributed by atoms with Crippen LogP contribution in [-0.2, 0) is 7.05 Å². The molecule has 0 aromatic carbocycles. The third kappa shape index (κ3) is 2.66. The summed E-state index contributed by atoms with van der Waals surface area (Å²) in [6.45, 7) is 1.72. The van der Waals surface area contributed by atoms with Gasteiger partial charge in [0.1, 0.15) is 5.56 Å². The lowest BCUT2D eigenvalue weighted by Gasteiger charge is -2.15. The van der Waals surface area contributed by atoms with Crippen molar-refractivity contribution in [1.29, 1.82) is 0 Å². The first-order valence-electron chi connectivity index (χ1n) is 6.57. The van der Waals surface area contributed by atoms with Gasteiger partial charge in [0.15, 0.2) is 0 Å². The lowest BCUT2D eigenvalue weighted by Crippen LogP contribution is -2.36. The van der Waals surface area contributed by atoms with Gasteiger partial charge in [0.2, 0.25) is 0 Å². The van der Waals surface area contributed by atoms with Gasteiger partial charge in [-0.15, -0.1) is 0 Å². The molecule has 1 aromatic rings. The van der Waals surface area contributed by atoms with E-state index in [9.17, 15) is 9.59 Å². The molecule has 2 rings (SSSR count). The molecule has 100 valence electrons. The second kappa shape index (κ2) is 5.42. The van der Waals surface area contributed by atoms with Crippen LogP contribution in [0.15, 0.2) is 9.32 Å². The highest BCUT2D eigenvalue weighted by Gasteiger charge is 2.22.